The molecule has 1 N–H and O–H groups in total. The van der Waals surface area contributed by atoms with Crippen LogP contribution in [0.1, 0.15) is 11.3 Å². The zero-order chi connectivity index (χ0) is 14.7. The van der Waals surface area contributed by atoms with Crippen LogP contribution in [-0.2, 0) is 13.0 Å². The third-order valence-electron chi connectivity index (χ3n) is 3.70. The van der Waals surface area contributed by atoms with E-state index in [1.807, 2.05) is 41.9 Å². The topological polar surface area (TPSA) is 40.8 Å². The van der Waals surface area contributed by atoms with Crippen LogP contribution in [0.15, 0.2) is 54.7 Å². The van der Waals surface area contributed by atoms with Crippen molar-refractivity contribution in [3.63, 3.8) is 0 Å². The largest absolute Gasteiger partial charge is 0.390 e. The summed E-state index contributed by atoms with van der Waals surface area (Å²) in [5.74, 6) is 0.847. The van der Waals surface area contributed by atoms with Crippen molar-refractivity contribution in [2.45, 2.75) is 13.0 Å². The average Bonchev–Trinajstić information content (AvgIpc) is 2.92. The van der Waals surface area contributed by atoms with E-state index in [1.54, 1.807) is 0 Å². The first kappa shape index (κ1) is 13.6. The number of anilines is 1. The van der Waals surface area contributed by atoms with Gasteiger partial charge in [0.1, 0.15) is 5.65 Å². The van der Waals surface area contributed by atoms with E-state index in [2.05, 4.69) is 34.1 Å². The fraction of sp³-hybridized carbons (Fsp3) is 0.235. The number of rotatable bonds is 5. The molecule has 0 bridgehead atoms. The van der Waals surface area contributed by atoms with Gasteiger partial charge in [-0.1, -0.05) is 36.4 Å². The normalized spacial score (nSPS) is 11.0. The lowest BCUT2D eigenvalue weighted by molar-refractivity contribution is 0.276. The molecule has 4 heteroatoms. The number of aliphatic hydroxyl groups is 1. The molecule has 0 saturated heterocycles. The van der Waals surface area contributed by atoms with Crippen LogP contribution in [0, 0.1) is 0 Å². The van der Waals surface area contributed by atoms with Crippen LogP contribution in [0.2, 0.25) is 0 Å². The zero-order valence-electron chi connectivity index (χ0n) is 12.1. The minimum atomic E-state index is -0.0177. The molecule has 2 aromatic heterocycles. The second-order valence-electron chi connectivity index (χ2n) is 5.13. The molecule has 0 aliphatic carbocycles. The summed E-state index contributed by atoms with van der Waals surface area (Å²) in [5, 5.41) is 9.65. The van der Waals surface area contributed by atoms with Gasteiger partial charge in [-0.3, -0.25) is 4.40 Å². The number of fused-ring (bicyclic) bond motifs is 1. The first-order valence-electron chi connectivity index (χ1n) is 7.11. The summed E-state index contributed by atoms with van der Waals surface area (Å²) in [7, 11) is 2.02. The Kier molecular flexibility index (Phi) is 3.88. The lowest BCUT2D eigenvalue weighted by Gasteiger charge is -2.17. The van der Waals surface area contributed by atoms with Gasteiger partial charge in [-0.15, -0.1) is 0 Å². The molecule has 3 rings (SSSR count). The second-order valence-corrected chi connectivity index (χ2v) is 5.13. The van der Waals surface area contributed by atoms with Gasteiger partial charge in [0.25, 0.3) is 0 Å². The van der Waals surface area contributed by atoms with Gasteiger partial charge in [-0.2, -0.15) is 0 Å². The Hall–Kier alpha value is -2.33. The van der Waals surface area contributed by atoms with Crippen molar-refractivity contribution in [1.29, 1.82) is 0 Å². The van der Waals surface area contributed by atoms with Crippen LogP contribution in [0.3, 0.4) is 0 Å². The van der Waals surface area contributed by atoms with Crippen molar-refractivity contribution in [2.75, 3.05) is 18.5 Å². The standard InChI is InChI=1S/C17H19N3O/c1-19(12-10-14-7-3-2-4-8-14)17-15(13-21)20-11-6-5-9-16(20)18-17/h2-9,11,21H,10,12-13H2,1H3. The van der Waals surface area contributed by atoms with Gasteiger partial charge in [-0.05, 0) is 24.1 Å². The minimum absolute atomic E-state index is 0.0177. The maximum Gasteiger partial charge on any atom is 0.153 e. The van der Waals surface area contributed by atoms with E-state index in [0.29, 0.717) is 0 Å². The van der Waals surface area contributed by atoms with Crippen molar-refractivity contribution in [1.82, 2.24) is 9.38 Å². The van der Waals surface area contributed by atoms with Gasteiger partial charge in [0.05, 0.1) is 12.3 Å². The Bertz CT molecular complexity index is 721. The van der Waals surface area contributed by atoms with Gasteiger partial charge in [0.15, 0.2) is 5.82 Å². The fourth-order valence-electron chi connectivity index (χ4n) is 2.53. The minimum Gasteiger partial charge on any atom is -0.390 e. The highest BCUT2D eigenvalue weighted by atomic mass is 16.3. The van der Waals surface area contributed by atoms with Crippen LogP contribution < -0.4 is 4.90 Å². The summed E-state index contributed by atoms with van der Waals surface area (Å²) < 4.78 is 1.94. The Morgan fingerprint density at radius 2 is 1.86 bits per heavy atom. The number of aliphatic hydroxyl groups excluding tert-OH is 1. The predicted molar refractivity (Wildman–Crippen MR) is 84.5 cm³/mol. The summed E-state index contributed by atoms with van der Waals surface area (Å²) in [6, 6.07) is 16.2. The summed E-state index contributed by atoms with van der Waals surface area (Å²) in [6.45, 7) is 0.844. The number of benzene rings is 1. The third kappa shape index (κ3) is 2.76. The fourth-order valence-corrected chi connectivity index (χ4v) is 2.53. The summed E-state index contributed by atoms with van der Waals surface area (Å²) in [6.07, 6.45) is 2.89. The number of imidazole rings is 1. The number of pyridine rings is 1. The molecule has 0 aliphatic heterocycles. The number of hydrogen-bond donors (Lipinski definition) is 1. The molecule has 0 saturated carbocycles. The number of nitrogens with zero attached hydrogens (tertiary/aromatic N) is 3. The van der Waals surface area contributed by atoms with Gasteiger partial charge in [0.2, 0.25) is 0 Å². The van der Waals surface area contributed by atoms with Gasteiger partial charge in [-0.25, -0.2) is 4.98 Å². The van der Waals surface area contributed by atoms with Gasteiger partial charge in [0, 0.05) is 19.8 Å². The van der Waals surface area contributed by atoms with Crippen molar-refractivity contribution in [3.8, 4) is 0 Å². The SMILES string of the molecule is CN(CCc1ccccc1)c1nc2ccccn2c1CO. The quantitative estimate of drug-likeness (QED) is 0.781. The lowest BCUT2D eigenvalue weighted by atomic mass is 10.1. The van der Waals surface area contributed by atoms with E-state index in [-0.39, 0.29) is 6.61 Å². The maximum absolute atomic E-state index is 9.65. The van der Waals surface area contributed by atoms with Crippen LogP contribution in [0.4, 0.5) is 5.82 Å². The van der Waals surface area contributed by atoms with Gasteiger partial charge >= 0.3 is 0 Å². The predicted octanol–water partition coefficient (Wildman–Crippen LogP) is 2.51. The molecule has 108 valence electrons. The third-order valence-corrected chi connectivity index (χ3v) is 3.70. The lowest BCUT2D eigenvalue weighted by Crippen LogP contribution is -2.22. The van der Waals surface area contributed by atoms with Crippen LogP contribution in [-0.4, -0.2) is 28.1 Å². The summed E-state index contributed by atoms with van der Waals surface area (Å²) in [4.78, 5) is 6.73. The molecule has 1 aromatic carbocycles. The Morgan fingerprint density at radius 3 is 2.62 bits per heavy atom. The smallest absolute Gasteiger partial charge is 0.153 e. The number of aromatic nitrogens is 2. The zero-order valence-corrected chi connectivity index (χ0v) is 12.1. The van der Waals surface area contributed by atoms with Crippen molar-refractivity contribution in [2.24, 2.45) is 0 Å². The van der Waals surface area contributed by atoms with Crippen molar-refractivity contribution in [3.05, 3.63) is 66.0 Å². The molecule has 0 radical (unpaired) electrons. The highest BCUT2D eigenvalue weighted by molar-refractivity contribution is 5.55. The second kappa shape index (κ2) is 5.97. The van der Waals surface area contributed by atoms with Crippen molar-refractivity contribution >= 4 is 11.5 Å². The maximum atomic E-state index is 9.65. The van der Waals surface area contributed by atoms with E-state index >= 15 is 0 Å². The number of likely N-dealkylation sites (N-methyl/N-ethyl adjacent to an activating group) is 1. The molecule has 0 aliphatic rings. The van der Waals surface area contributed by atoms with E-state index < -0.39 is 0 Å². The molecular formula is C17H19N3O. The molecule has 0 unspecified atom stereocenters. The average molecular weight is 281 g/mol. The molecule has 21 heavy (non-hydrogen) atoms. The molecule has 0 spiro atoms. The highest BCUT2D eigenvalue weighted by Gasteiger charge is 2.14. The molecule has 2 heterocycles. The van der Waals surface area contributed by atoms with Crippen LogP contribution in [0.25, 0.3) is 5.65 Å². The van der Waals surface area contributed by atoms with E-state index in [1.165, 1.54) is 5.56 Å². The first-order valence-corrected chi connectivity index (χ1v) is 7.11. The molecule has 0 amide bonds. The molecule has 0 atom stereocenters. The molecule has 4 nitrogen and oxygen atoms in total. The molecule has 0 fully saturated rings. The Balaban J connectivity index is 1.82. The first-order chi connectivity index (χ1) is 10.3. The van der Waals surface area contributed by atoms with Crippen LogP contribution >= 0.6 is 0 Å². The van der Waals surface area contributed by atoms with E-state index in [9.17, 15) is 5.11 Å². The summed E-state index contributed by atoms with van der Waals surface area (Å²) >= 11 is 0. The summed E-state index contributed by atoms with van der Waals surface area (Å²) in [5.41, 5.74) is 3.00. The van der Waals surface area contributed by atoms with E-state index in [0.717, 1.165) is 30.1 Å². The van der Waals surface area contributed by atoms with Crippen LogP contribution in [0.5, 0.6) is 0 Å². The van der Waals surface area contributed by atoms with E-state index in [4.69, 9.17) is 0 Å². The monoisotopic (exact) mass is 281 g/mol. The van der Waals surface area contributed by atoms with Gasteiger partial charge < -0.3 is 10.0 Å². The highest BCUT2D eigenvalue weighted by Crippen LogP contribution is 2.21. The number of hydrogen-bond acceptors (Lipinski definition) is 3. The molecule has 3 aromatic rings. The molecular weight excluding hydrogens is 262 g/mol. The van der Waals surface area contributed by atoms with Crippen molar-refractivity contribution < 1.29 is 5.11 Å². The Labute approximate surface area is 124 Å². The Morgan fingerprint density at radius 1 is 1.10 bits per heavy atom.